The predicted molar refractivity (Wildman–Crippen MR) is 80.6 cm³/mol. The SMILES string of the molecule is O=C(c1cccs1)N1CCC[C@H](c2n[nH]c(C3CC3)n2)C1. The average molecular weight is 302 g/mol. The van der Waals surface area contributed by atoms with Crippen LogP contribution >= 0.6 is 11.3 Å². The second-order valence-electron chi connectivity index (χ2n) is 5.92. The van der Waals surface area contributed by atoms with E-state index >= 15 is 0 Å². The van der Waals surface area contributed by atoms with Gasteiger partial charge in [0.25, 0.3) is 5.91 Å². The lowest BCUT2D eigenvalue weighted by Gasteiger charge is -2.31. The Labute approximate surface area is 127 Å². The normalized spacial score (nSPS) is 22.5. The van der Waals surface area contributed by atoms with Crippen molar-refractivity contribution in [3.63, 3.8) is 0 Å². The maximum atomic E-state index is 12.4. The molecular formula is C15H18N4OS. The molecule has 0 radical (unpaired) electrons. The third-order valence-electron chi connectivity index (χ3n) is 4.29. The van der Waals surface area contributed by atoms with E-state index in [0.29, 0.717) is 5.92 Å². The van der Waals surface area contributed by atoms with E-state index in [1.54, 1.807) is 0 Å². The molecule has 1 atom stereocenters. The topological polar surface area (TPSA) is 61.9 Å². The Bertz CT molecular complexity index is 632. The van der Waals surface area contributed by atoms with Gasteiger partial charge < -0.3 is 4.90 Å². The van der Waals surface area contributed by atoms with Gasteiger partial charge in [0.1, 0.15) is 5.82 Å². The molecule has 0 unspecified atom stereocenters. The molecule has 3 heterocycles. The van der Waals surface area contributed by atoms with E-state index in [4.69, 9.17) is 0 Å². The van der Waals surface area contributed by atoms with Crippen LogP contribution in [0.4, 0.5) is 0 Å². The fraction of sp³-hybridized carbons (Fsp3) is 0.533. The third-order valence-corrected chi connectivity index (χ3v) is 5.15. The van der Waals surface area contributed by atoms with Crippen molar-refractivity contribution in [3.8, 4) is 0 Å². The number of aromatic amines is 1. The van der Waals surface area contributed by atoms with E-state index in [9.17, 15) is 4.79 Å². The van der Waals surface area contributed by atoms with Crippen LogP contribution in [0.3, 0.4) is 0 Å². The monoisotopic (exact) mass is 302 g/mol. The van der Waals surface area contributed by atoms with Crippen LogP contribution in [0.5, 0.6) is 0 Å². The number of piperidine rings is 1. The Hall–Kier alpha value is -1.69. The van der Waals surface area contributed by atoms with Crippen LogP contribution < -0.4 is 0 Å². The number of nitrogens with one attached hydrogen (secondary N) is 1. The lowest BCUT2D eigenvalue weighted by atomic mass is 9.97. The number of carbonyl (C=O) groups is 1. The summed E-state index contributed by atoms with van der Waals surface area (Å²) in [5.74, 6) is 2.94. The highest BCUT2D eigenvalue weighted by Crippen LogP contribution is 2.38. The van der Waals surface area contributed by atoms with Gasteiger partial charge in [-0.2, -0.15) is 5.10 Å². The predicted octanol–water partition coefficient (Wildman–Crippen LogP) is 2.76. The lowest BCUT2D eigenvalue weighted by molar-refractivity contribution is 0.0709. The number of rotatable bonds is 3. The minimum atomic E-state index is 0.146. The summed E-state index contributed by atoms with van der Waals surface area (Å²) in [7, 11) is 0. The number of likely N-dealkylation sites (tertiary alicyclic amines) is 1. The van der Waals surface area contributed by atoms with Gasteiger partial charge in [0.05, 0.1) is 4.88 Å². The number of thiophene rings is 1. The first-order valence-corrected chi connectivity index (χ1v) is 8.44. The van der Waals surface area contributed by atoms with Crippen molar-refractivity contribution < 1.29 is 4.79 Å². The highest BCUT2D eigenvalue weighted by molar-refractivity contribution is 7.12. The summed E-state index contributed by atoms with van der Waals surface area (Å²) in [6, 6.07) is 3.82. The number of aromatic nitrogens is 3. The van der Waals surface area contributed by atoms with Crippen molar-refractivity contribution in [2.45, 2.75) is 37.5 Å². The zero-order valence-corrected chi connectivity index (χ0v) is 12.6. The van der Waals surface area contributed by atoms with Gasteiger partial charge in [-0.3, -0.25) is 9.89 Å². The second kappa shape index (κ2) is 5.26. The molecule has 0 bridgehead atoms. The van der Waals surface area contributed by atoms with Gasteiger partial charge >= 0.3 is 0 Å². The molecule has 1 amide bonds. The molecule has 5 nitrogen and oxygen atoms in total. The molecule has 110 valence electrons. The van der Waals surface area contributed by atoms with Crippen molar-refractivity contribution in [3.05, 3.63) is 34.0 Å². The van der Waals surface area contributed by atoms with Crippen molar-refractivity contribution in [2.75, 3.05) is 13.1 Å². The highest BCUT2D eigenvalue weighted by atomic mass is 32.1. The van der Waals surface area contributed by atoms with Crippen LogP contribution in [-0.4, -0.2) is 39.1 Å². The molecule has 1 saturated heterocycles. The standard InChI is InChI=1S/C15H18N4OS/c20-15(12-4-2-8-21-12)19-7-1-3-11(9-19)14-16-13(17-18-14)10-5-6-10/h2,4,8,10-11H,1,3,5-7,9H2,(H,16,17,18)/t11-/m0/s1. The number of carbonyl (C=O) groups excluding carboxylic acids is 1. The maximum Gasteiger partial charge on any atom is 0.263 e. The van der Waals surface area contributed by atoms with Crippen molar-refractivity contribution in [2.24, 2.45) is 0 Å². The van der Waals surface area contributed by atoms with Crippen LogP contribution in [0.1, 0.15) is 58.8 Å². The summed E-state index contributed by atoms with van der Waals surface area (Å²) >= 11 is 1.51. The molecule has 1 N–H and O–H groups in total. The van der Waals surface area contributed by atoms with Crippen LogP contribution in [0.25, 0.3) is 0 Å². The first kappa shape index (κ1) is 13.0. The molecule has 0 spiro atoms. The number of H-pyrrole nitrogens is 1. The molecule has 2 aromatic heterocycles. The number of nitrogens with zero attached hydrogens (tertiary/aromatic N) is 3. The molecular weight excluding hydrogens is 284 g/mol. The Morgan fingerprint density at radius 3 is 3.00 bits per heavy atom. The lowest BCUT2D eigenvalue weighted by Crippen LogP contribution is -2.39. The Morgan fingerprint density at radius 1 is 1.33 bits per heavy atom. The van der Waals surface area contributed by atoms with E-state index < -0.39 is 0 Å². The summed E-state index contributed by atoms with van der Waals surface area (Å²) in [5.41, 5.74) is 0. The van der Waals surface area contributed by atoms with Gasteiger partial charge in [-0.1, -0.05) is 6.07 Å². The van der Waals surface area contributed by atoms with Crippen LogP contribution in [0, 0.1) is 0 Å². The highest BCUT2D eigenvalue weighted by Gasteiger charge is 2.31. The minimum Gasteiger partial charge on any atom is -0.337 e. The molecule has 2 aliphatic rings. The smallest absolute Gasteiger partial charge is 0.263 e. The van der Waals surface area contributed by atoms with Crippen LogP contribution in [0.15, 0.2) is 17.5 Å². The zero-order chi connectivity index (χ0) is 14.2. The van der Waals surface area contributed by atoms with Gasteiger partial charge in [0.2, 0.25) is 0 Å². The first-order chi connectivity index (χ1) is 10.3. The van der Waals surface area contributed by atoms with E-state index in [1.165, 1.54) is 24.2 Å². The van der Waals surface area contributed by atoms with Crippen LogP contribution in [-0.2, 0) is 0 Å². The third kappa shape index (κ3) is 2.60. The van der Waals surface area contributed by atoms with Crippen molar-refractivity contribution in [1.29, 1.82) is 0 Å². The molecule has 1 aliphatic heterocycles. The average Bonchev–Trinajstić information content (AvgIpc) is 3.05. The molecule has 2 fully saturated rings. The summed E-state index contributed by atoms with van der Waals surface area (Å²) < 4.78 is 0. The fourth-order valence-electron chi connectivity index (χ4n) is 2.94. The number of hydrogen-bond donors (Lipinski definition) is 1. The van der Waals surface area contributed by atoms with E-state index in [1.807, 2.05) is 22.4 Å². The number of amides is 1. The van der Waals surface area contributed by atoms with Gasteiger partial charge in [-0.15, -0.1) is 11.3 Å². The minimum absolute atomic E-state index is 0.146. The summed E-state index contributed by atoms with van der Waals surface area (Å²) in [5, 5.41) is 9.41. The fourth-order valence-corrected chi connectivity index (χ4v) is 3.63. The molecule has 6 heteroatoms. The molecule has 2 aromatic rings. The summed E-state index contributed by atoms with van der Waals surface area (Å²) in [6.07, 6.45) is 4.54. The van der Waals surface area contributed by atoms with E-state index in [-0.39, 0.29) is 11.8 Å². The molecule has 1 saturated carbocycles. The Kier molecular flexibility index (Phi) is 3.25. The van der Waals surface area contributed by atoms with Gasteiger partial charge in [0, 0.05) is 24.9 Å². The van der Waals surface area contributed by atoms with Crippen LogP contribution in [0.2, 0.25) is 0 Å². The molecule has 0 aromatic carbocycles. The molecule has 1 aliphatic carbocycles. The van der Waals surface area contributed by atoms with Gasteiger partial charge in [-0.25, -0.2) is 4.98 Å². The van der Waals surface area contributed by atoms with E-state index in [2.05, 4.69) is 15.2 Å². The van der Waals surface area contributed by atoms with E-state index in [0.717, 1.165) is 42.5 Å². The van der Waals surface area contributed by atoms with Crippen molar-refractivity contribution >= 4 is 17.2 Å². The van der Waals surface area contributed by atoms with Gasteiger partial charge in [0.15, 0.2) is 5.82 Å². The molecule has 4 rings (SSSR count). The summed E-state index contributed by atoms with van der Waals surface area (Å²) in [4.78, 5) is 19.9. The zero-order valence-electron chi connectivity index (χ0n) is 11.8. The van der Waals surface area contributed by atoms with Crippen molar-refractivity contribution in [1.82, 2.24) is 20.1 Å². The largest absolute Gasteiger partial charge is 0.337 e. The Balaban J connectivity index is 1.48. The number of hydrogen-bond acceptors (Lipinski definition) is 4. The Morgan fingerprint density at radius 2 is 2.24 bits per heavy atom. The second-order valence-corrected chi connectivity index (χ2v) is 6.87. The maximum absolute atomic E-state index is 12.4. The molecule has 21 heavy (non-hydrogen) atoms. The quantitative estimate of drug-likeness (QED) is 0.948. The summed E-state index contributed by atoms with van der Waals surface area (Å²) in [6.45, 7) is 1.58. The first-order valence-electron chi connectivity index (χ1n) is 7.56. The van der Waals surface area contributed by atoms with Gasteiger partial charge in [-0.05, 0) is 37.1 Å².